The fourth-order valence-electron chi connectivity index (χ4n) is 4.19. The number of carbonyl (C=O) groups excluding carboxylic acids is 1. The summed E-state index contributed by atoms with van der Waals surface area (Å²) in [6.45, 7) is 0.161. The molecule has 1 aliphatic rings. The van der Waals surface area contributed by atoms with E-state index in [1.165, 1.54) is 25.7 Å². The number of nitrogens with one attached hydrogen (secondary N) is 1. The molecule has 2 aromatic heterocycles. The number of ether oxygens (including phenoxy) is 1. The van der Waals surface area contributed by atoms with Crippen molar-refractivity contribution in [2.75, 3.05) is 19.0 Å². The predicted molar refractivity (Wildman–Crippen MR) is 126 cm³/mol. The van der Waals surface area contributed by atoms with E-state index >= 15 is 0 Å². The minimum absolute atomic E-state index is 0.0819. The van der Waals surface area contributed by atoms with E-state index in [0.29, 0.717) is 12.1 Å². The average Bonchev–Trinajstić information content (AvgIpc) is 3.45. The minimum atomic E-state index is -4.11. The van der Waals surface area contributed by atoms with E-state index in [9.17, 15) is 22.0 Å². The van der Waals surface area contributed by atoms with Crippen molar-refractivity contribution in [3.63, 3.8) is 0 Å². The first-order valence-electron chi connectivity index (χ1n) is 11.0. The van der Waals surface area contributed by atoms with E-state index in [4.69, 9.17) is 9.88 Å². The molecule has 3 aromatic rings. The van der Waals surface area contributed by atoms with E-state index < -0.39 is 28.3 Å². The summed E-state index contributed by atoms with van der Waals surface area (Å²) in [7, 11) is -2.72. The first-order chi connectivity index (χ1) is 17.1. The third-order valence-corrected chi connectivity index (χ3v) is 6.39. The van der Waals surface area contributed by atoms with Crippen molar-refractivity contribution in [1.82, 2.24) is 14.5 Å². The SMILES string of the molecule is COc1cc(Cn2ccc(C(=O)c3cncnc3N[C@@H]3C[C@H](COS(N)(=O)=O)C[C@@H]3F)c2)ccc1F. The number of rotatable bonds is 10. The number of hydrogen-bond donors (Lipinski definition) is 2. The van der Waals surface area contributed by atoms with Crippen LogP contribution in [-0.2, 0) is 21.0 Å². The van der Waals surface area contributed by atoms with Gasteiger partial charge >= 0.3 is 10.3 Å². The number of aromatic nitrogens is 3. The first kappa shape index (κ1) is 25.7. The number of anilines is 1. The molecule has 4 rings (SSSR count). The number of carbonyl (C=O) groups is 1. The number of methoxy groups -OCH3 is 1. The monoisotopic (exact) mass is 521 g/mol. The molecule has 0 radical (unpaired) electrons. The Balaban J connectivity index is 1.45. The van der Waals surface area contributed by atoms with Crippen LogP contribution in [0.2, 0.25) is 0 Å². The highest BCUT2D eigenvalue weighted by atomic mass is 32.2. The van der Waals surface area contributed by atoms with Crippen LogP contribution in [0.25, 0.3) is 0 Å². The van der Waals surface area contributed by atoms with Crippen LogP contribution >= 0.6 is 0 Å². The molecule has 3 N–H and O–H groups in total. The maximum atomic E-state index is 14.6. The van der Waals surface area contributed by atoms with Gasteiger partial charge in [0.15, 0.2) is 17.3 Å². The van der Waals surface area contributed by atoms with Gasteiger partial charge in [0.25, 0.3) is 0 Å². The van der Waals surface area contributed by atoms with Crippen LogP contribution in [0.1, 0.15) is 34.3 Å². The molecular weight excluding hydrogens is 496 g/mol. The highest BCUT2D eigenvalue weighted by Gasteiger charge is 2.36. The molecule has 0 aliphatic heterocycles. The standard InChI is InChI=1S/C23H25F2N5O5S/c1-34-21-8-14(2-3-18(21)24)10-30-5-4-16(11-30)22(31)17-9-27-13-28-23(17)29-20-7-15(6-19(20)25)12-35-36(26,32)33/h2-5,8-9,11,13,15,19-20H,6-7,10,12H2,1H3,(H2,26,32,33)(H,27,28,29)/t15-,19+,20-/m1/s1. The lowest BCUT2D eigenvalue weighted by atomic mass is 10.1. The Morgan fingerprint density at radius 1 is 1.31 bits per heavy atom. The molecule has 10 nitrogen and oxygen atoms in total. The summed E-state index contributed by atoms with van der Waals surface area (Å²) in [5.41, 5.74) is 1.31. The van der Waals surface area contributed by atoms with Crippen molar-refractivity contribution in [1.29, 1.82) is 0 Å². The summed E-state index contributed by atoms with van der Waals surface area (Å²) >= 11 is 0. The second-order valence-electron chi connectivity index (χ2n) is 8.54. The summed E-state index contributed by atoms with van der Waals surface area (Å²) in [5.74, 6) is -0.891. The zero-order valence-corrected chi connectivity index (χ0v) is 20.1. The number of nitrogens with two attached hydrogens (primary N) is 1. The number of benzene rings is 1. The van der Waals surface area contributed by atoms with Gasteiger partial charge in [-0.2, -0.15) is 8.42 Å². The Bertz CT molecular complexity index is 1350. The maximum Gasteiger partial charge on any atom is 0.333 e. The van der Waals surface area contributed by atoms with Gasteiger partial charge in [-0.15, -0.1) is 0 Å². The van der Waals surface area contributed by atoms with Gasteiger partial charge in [0.1, 0.15) is 18.3 Å². The largest absolute Gasteiger partial charge is 0.494 e. The van der Waals surface area contributed by atoms with Crippen LogP contribution in [-0.4, -0.2) is 54.7 Å². The molecule has 1 fully saturated rings. The lowest BCUT2D eigenvalue weighted by molar-refractivity contribution is 0.103. The van der Waals surface area contributed by atoms with E-state index in [-0.39, 0.29) is 48.3 Å². The minimum Gasteiger partial charge on any atom is -0.494 e. The van der Waals surface area contributed by atoms with E-state index in [0.717, 1.165) is 5.56 Å². The van der Waals surface area contributed by atoms with Gasteiger partial charge in [-0.25, -0.2) is 23.9 Å². The highest BCUT2D eigenvalue weighted by Crippen LogP contribution is 2.32. The van der Waals surface area contributed by atoms with Gasteiger partial charge in [0.05, 0.1) is 25.3 Å². The third kappa shape index (κ3) is 6.22. The molecule has 0 amide bonds. The van der Waals surface area contributed by atoms with Gasteiger partial charge < -0.3 is 14.6 Å². The van der Waals surface area contributed by atoms with Crippen molar-refractivity contribution < 1.29 is 30.9 Å². The Hall–Kier alpha value is -3.42. The molecule has 1 aromatic carbocycles. The number of halogens is 2. The summed E-state index contributed by atoms with van der Waals surface area (Å²) in [6.07, 6.45) is 5.00. The average molecular weight is 522 g/mol. The second kappa shape index (κ2) is 10.7. The third-order valence-electron chi connectivity index (χ3n) is 5.92. The number of hydrogen-bond acceptors (Lipinski definition) is 8. The molecular formula is C23H25F2N5O5S. The van der Waals surface area contributed by atoms with Crippen molar-refractivity contribution in [3.8, 4) is 5.75 Å². The number of alkyl halides is 1. The molecule has 36 heavy (non-hydrogen) atoms. The topological polar surface area (TPSA) is 138 Å². The van der Waals surface area contributed by atoms with Crippen LogP contribution in [0, 0.1) is 11.7 Å². The molecule has 0 unspecified atom stereocenters. The summed E-state index contributed by atoms with van der Waals surface area (Å²) in [4.78, 5) is 21.3. The summed E-state index contributed by atoms with van der Waals surface area (Å²) in [6, 6.07) is 5.46. The highest BCUT2D eigenvalue weighted by molar-refractivity contribution is 7.84. The smallest absolute Gasteiger partial charge is 0.333 e. The maximum absolute atomic E-state index is 14.6. The molecule has 192 valence electrons. The van der Waals surface area contributed by atoms with E-state index in [1.54, 1.807) is 35.2 Å². The summed E-state index contributed by atoms with van der Waals surface area (Å²) < 4.78 is 61.7. The van der Waals surface area contributed by atoms with E-state index in [2.05, 4.69) is 19.5 Å². The Morgan fingerprint density at radius 3 is 2.86 bits per heavy atom. The van der Waals surface area contributed by atoms with Gasteiger partial charge in [-0.05, 0) is 42.5 Å². The van der Waals surface area contributed by atoms with Crippen LogP contribution in [0.4, 0.5) is 14.6 Å². The summed E-state index contributed by atoms with van der Waals surface area (Å²) in [5, 5.41) is 7.80. The van der Waals surface area contributed by atoms with Crippen molar-refractivity contribution >= 4 is 21.9 Å². The van der Waals surface area contributed by atoms with Crippen molar-refractivity contribution in [2.24, 2.45) is 11.1 Å². The van der Waals surface area contributed by atoms with Gasteiger partial charge in [-0.3, -0.25) is 8.98 Å². The van der Waals surface area contributed by atoms with Crippen LogP contribution in [0.15, 0.2) is 49.2 Å². The Kier molecular flexibility index (Phi) is 7.62. The zero-order chi connectivity index (χ0) is 25.9. The predicted octanol–water partition coefficient (Wildman–Crippen LogP) is 2.45. The van der Waals surface area contributed by atoms with Crippen LogP contribution in [0.5, 0.6) is 5.75 Å². The zero-order valence-electron chi connectivity index (χ0n) is 19.3. The number of nitrogens with zero attached hydrogens (tertiary/aromatic N) is 3. The normalized spacial score (nSPS) is 19.8. The lowest BCUT2D eigenvalue weighted by Gasteiger charge is -2.17. The van der Waals surface area contributed by atoms with E-state index in [1.807, 2.05) is 0 Å². The van der Waals surface area contributed by atoms with Crippen LogP contribution < -0.4 is 15.2 Å². The quantitative estimate of drug-likeness (QED) is 0.388. The molecule has 2 heterocycles. The molecule has 1 aliphatic carbocycles. The molecule has 0 saturated heterocycles. The van der Waals surface area contributed by atoms with Gasteiger partial charge in [-0.1, -0.05) is 6.07 Å². The number of ketones is 1. The van der Waals surface area contributed by atoms with Gasteiger partial charge in [0.2, 0.25) is 0 Å². The molecule has 3 atom stereocenters. The van der Waals surface area contributed by atoms with Gasteiger partial charge in [0, 0.05) is 30.7 Å². The molecule has 13 heteroatoms. The Morgan fingerprint density at radius 2 is 2.11 bits per heavy atom. The lowest BCUT2D eigenvalue weighted by Crippen LogP contribution is -2.27. The van der Waals surface area contributed by atoms with Crippen molar-refractivity contribution in [2.45, 2.75) is 31.6 Å². The fourth-order valence-corrected chi connectivity index (χ4v) is 4.57. The van der Waals surface area contributed by atoms with Crippen LogP contribution in [0.3, 0.4) is 0 Å². The fraction of sp³-hybridized carbons (Fsp3) is 0.348. The Labute approximate surface area is 206 Å². The van der Waals surface area contributed by atoms with Crippen molar-refractivity contribution in [3.05, 3.63) is 71.7 Å². The molecule has 1 saturated carbocycles. The molecule has 0 spiro atoms. The second-order valence-corrected chi connectivity index (χ2v) is 9.76. The first-order valence-corrected chi connectivity index (χ1v) is 12.5. The molecule has 0 bridgehead atoms.